The average Bonchev–Trinajstić information content (AvgIpc) is 3.71. The summed E-state index contributed by atoms with van der Waals surface area (Å²) in [7, 11) is 0. The third-order valence-corrected chi connectivity index (χ3v) is 8.22. The lowest BCUT2D eigenvalue weighted by atomic mass is 9.85. The minimum atomic E-state index is -0.151. The summed E-state index contributed by atoms with van der Waals surface area (Å²) in [6, 6.07) is 10.0. The van der Waals surface area contributed by atoms with E-state index in [2.05, 4.69) is 25.6 Å². The highest BCUT2D eigenvalue weighted by molar-refractivity contribution is 6.02. The van der Waals surface area contributed by atoms with Gasteiger partial charge in [0.15, 0.2) is 11.4 Å². The molecule has 202 valence electrons. The van der Waals surface area contributed by atoms with E-state index in [9.17, 15) is 9.59 Å². The second-order valence-corrected chi connectivity index (χ2v) is 10.6. The molecule has 40 heavy (non-hydrogen) atoms. The minimum Gasteiger partial charge on any atom is -0.383 e. The molecule has 0 radical (unpaired) electrons. The third kappa shape index (κ3) is 3.86. The molecule has 0 spiro atoms. The predicted octanol–water partition coefficient (Wildman–Crippen LogP) is 2.57. The molecule has 4 aromatic rings. The smallest absolute Gasteiger partial charge is 0.291 e. The van der Waals surface area contributed by atoms with Gasteiger partial charge in [-0.3, -0.25) is 19.7 Å². The van der Waals surface area contributed by atoms with E-state index in [1.165, 1.54) is 13.3 Å². The first kappa shape index (κ1) is 24.2. The number of hydrogen-bond donors (Lipinski definition) is 3. The van der Waals surface area contributed by atoms with Gasteiger partial charge in [0, 0.05) is 40.9 Å². The number of ketones is 1. The number of carbonyl (C=O) groups excluding carboxylic acids is 2. The highest BCUT2D eigenvalue weighted by atomic mass is 16.2. The predicted molar refractivity (Wildman–Crippen MR) is 148 cm³/mol. The van der Waals surface area contributed by atoms with Crippen LogP contribution in [0.4, 0.5) is 5.82 Å². The average molecular weight is 537 g/mol. The number of carbonyl (C=O) groups is 2. The fourth-order valence-electron chi connectivity index (χ4n) is 6.42. The molecule has 12 heteroatoms. The van der Waals surface area contributed by atoms with Crippen LogP contribution in [0.15, 0.2) is 54.0 Å². The van der Waals surface area contributed by atoms with Crippen molar-refractivity contribution in [2.75, 3.05) is 12.3 Å². The van der Waals surface area contributed by atoms with Crippen molar-refractivity contribution in [3.05, 3.63) is 77.3 Å². The molecule has 3 aliphatic rings. The second kappa shape index (κ2) is 9.40. The van der Waals surface area contributed by atoms with Gasteiger partial charge in [-0.1, -0.05) is 30.3 Å². The molecule has 7 rings (SSSR count). The molecule has 1 unspecified atom stereocenters. The largest absolute Gasteiger partial charge is 0.383 e. The Labute approximate surface area is 229 Å². The van der Waals surface area contributed by atoms with Gasteiger partial charge < -0.3 is 16.0 Å². The van der Waals surface area contributed by atoms with Crippen molar-refractivity contribution in [3.8, 4) is 0 Å². The van der Waals surface area contributed by atoms with Crippen LogP contribution >= 0.6 is 0 Å². The van der Waals surface area contributed by atoms with Crippen LogP contribution in [-0.2, 0) is 0 Å². The number of fused-ring (bicyclic) bond motifs is 3. The van der Waals surface area contributed by atoms with Gasteiger partial charge in [-0.15, -0.1) is 0 Å². The highest BCUT2D eigenvalue weighted by Crippen LogP contribution is 2.44. The van der Waals surface area contributed by atoms with E-state index in [1.807, 2.05) is 41.4 Å². The number of rotatable bonds is 5. The van der Waals surface area contributed by atoms with Crippen molar-refractivity contribution in [2.45, 2.75) is 50.6 Å². The quantitative estimate of drug-likeness (QED) is 0.328. The number of benzene rings is 1. The molecule has 0 saturated carbocycles. The van der Waals surface area contributed by atoms with Crippen molar-refractivity contribution in [1.82, 2.24) is 40.0 Å². The number of nitrogens with two attached hydrogens (primary N) is 1. The number of anilines is 1. The van der Waals surface area contributed by atoms with Crippen LogP contribution < -0.4 is 11.1 Å². The summed E-state index contributed by atoms with van der Waals surface area (Å²) in [4.78, 5) is 41.8. The Balaban J connectivity index is 1.22. The van der Waals surface area contributed by atoms with Crippen LogP contribution in [0.2, 0.25) is 0 Å². The van der Waals surface area contributed by atoms with Crippen LogP contribution in [0.1, 0.15) is 76.3 Å². The Morgan fingerprint density at radius 3 is 2.52 bits per heavy atom. The standard InChI is InChI=1S/C28H28N10O2/c1-15(39)22-23(17-9-19-7-8-20(10-17)37(19)28(40)26-32-14-33-36-26)35-27-21(13-34-38(27)24(22)29)18-11-30-25(31-12-18)16-5-3-2-4-6-16/h2-6,11,13-14,17,19-20H,7-10,12,29H2,1H3,(H,30,31)(H,32,33,36)/t17?,19-,20+. The van der Waals surface area contributed by atoms with Crippen molar-refractivity contribution in [1.29, 1.82) is 0 Å². The number of hydrogen-bond acceptors (Lipinski definition) is 9. The zero-order valence-corrected chi connectivity index (χ0v) is 21.9. The lowest BCUT2D eigenvalue weighted by Gasteiger charge is -2.38. The molecule has 12 nitrogen and oxygen atoms in total. The van der Waals surface area contributed by atoms with E-state index in [0.717, 1.165) is 35.4 Å². The Kier molecular flexibility index (Phi) is 5.68. The minimum absolute atomic E-state index is 0.0219. The normalized spacial score (nSPS) is 22.1. The van der Waals surface area contributed by atoms with Crippen molar-refractivity contribution < 1.29 is 9.59 Å². The Morgan fingerprint density at radius 1 is 1.10 bits per heavy atom. The number of aromatic amines is 1. The molecule has 2 saturated heterocycles. The maximum absolute atomic E-state index is 13.1. The van der Waals surface area contributed by atoms with Crippen molar-refractivity contribution >= 4 is 34.6 Å². The molecule has 3 aromatic heterocycles. The molecular weight excluding hydrogens is 508 g/mol. The van der Waals surface area contributed by atoms with Gasteiger partial charge in [-0.25, -0.2) is 9.97 Å². The zero-order chi connectivity index (χ0) is 27.4. The lowest BCUT2D eigenvalue weighted by Crippen LogP contribution is -2.46. The SMILES string of the molecule is CC(=O)c1c(C2C[C@H]3CC[C@@H](C2)N3C(=O)c2ncn[nH]2)nc2c(C3=CNC(c4ccccc4)=NC3)cnn2c1N. The number of Topliss-reactive ketones (excluding diaryl/α,β-unsaturated/α-hetero) is 1. The van der Waals surface area contributed by atoms with Gasteiger partial charge in [0.2, 0.25) is 5.82 Å². The Morgan fingerprint density at radius 2 is 1.88 bits per heavy atom. The van der Waals surface area contributed by atoms with Gasteiger partial charge in [-0.2, -0.15) is 14.7 Å². The van der Waals surface area contributed by atoms with Gasteiger partial charge in [0.05, 0.1) is 24.0 Å². The van der Waals surface area contributed by atoms with Gasteiger partial charge in [0.1, 0.15) is 18.0 Å². The summed E-state index contributed by atoms with van der Waals surface area (Å²) in [5.74, 6) is 1.02. The number of aromatic nitrogens is 6. The maximum atomic E-state index is 13.1. The van der Waals surface area contributed by atoms with E-state index in [4.69, 9.17) is 15.7 Å². The molecule has 3 atom stereocenters. The summed E-state index contributed by atoms with van der Waals surface area (Å²) in [6.07, 6.45) is 8.17. The fraction of sp³-hybridized carbons (Fsp3) is 0.321. The first-order chi connectivity index (χ1) is 19.5. The van der Waals surface area contributed by atoms with Crippen LogP contribution in [0, 0.1) is 0 Å². The molecule has 4 N–H and O–H groups in total. The molecule has 1 aromatic carbocycles. The lowest BCUT2D eigenvalue weighted by molar-refractivity contribution is 0.0556. The maximum Gasteiger partial charge on any atom is 0.291 e. The molecule has 6 heterocycles. The topological polar surface area (TPSA) is 160 Å². The van der Waals surface area contributed by atoms with Crippen LogP contribution in [0.3, 0.4) is 0 Å². The van der Waals surface area contributed by atoms with Crippen LogP contribution in [0.5, 0.6) is 0 Å². The third-order valence-electron chi connectivity index (χ3n) is 8.22. The summed E-state index contributed by atoms with van der Waals surface area (Å²) < 4.78 is 1.55. The number of piperidine rings is 1. The fourth-order valence-corrected chi connectivity index (χ4v) is 6.42. The van der Waals surface area contributed by atoms with Crippen molar-refractivity contribution in [2.24, 2.45) is 4.99 Å². The number of nitrogen functional groups attached to an aromatic ring is 1. The number of amidine groups is 1. The number of H-pyrrole nitrogens is 1. The van der Waals surface area contributed by atoms with Gasteiger partial charge >= 0.3 is 0 Å². The Bertz CT molecular complexity index is 1670. The van der Waals surface area contributed by atoms with E-state index < -0.39 is 0 Å². The molecule has 2 fully saturated rings. The van der Waals surface area contributed by atoms with E-state index in [1.54, 1.807) is 10.7 Å². The molecule has 3 aliphatic heterocycles. The first-order valence-electron chi connectivity index (χ1n) is 13.4. The highest BCUT2D eigenvalue weighted by Gasteiger charge is 2.45. The monoisotopic (exact) mass is 536 g/mol. The van der Waals surface area contributed by atoms with Crippen molar-refractivity contribution in [3.63, 3.8) is 0 Å². The summed E-state index contributed by atoms with van der Waals surface area (Å²) in [6.45, 7) is 1.97. The van der Waals surface area contributed by atoms with Gasteiger partial charge in [0.25, 0.3) is 5.91 Å². The summed E-state index contributed by atoms with van der Waals surface area (Å²) in [5.41, 5.74) is 11.0. The number of amides is 1. The number of nitrogens with one attached hydrogen (secondary N) is 2. The first-order valence-corrected chi connectivity index (χ1v) is 13.4. The molecular formula is C28H28N10O2. The Hall–Kier alpha value is -4.87. The van der Waals surface area contributed by atoms with E-state index >= 15 is 0 Å². The molecule has 1 amide bonds. The van der Waals surface area contributed by atoms with Crippen LogP contribution in [0.25, 0.3) is 11.2 Å². The van der Waals surface area contributed by atoms with Gasteiger partial charge in [-0.05, 0) is 32.6 Å². The molecule has 2 bridgehead atoms. The molecule has 0 aliphatic carbocycles. The zero-order valence-electron chi connectivity index (χ0n) is 21.9. The second-order valence-electron chi connectivity index (χ2n) is 10.6. The summed E-state index contributed by atoms with van der Waals surface area (Å²) >= 11 is 0. The summed E-state index contributed by atoms with van der Waals surface area (Å²) in [5, 5.41) is 14.3. The number of nitrogens with zero attached hydrogens (tertiary/aromatic N) is 7. The number of aliphatic imine (C=N–C) groups is 1. The van der Waals surface area contributed by atoms with E-state index in [-0.39, 0.29) is 41.3 Å². The van der Waals surface area contributed by atoms with E-state index in [0.29, 0.717) is 36.3 Å². The van der Waals surface area contributed by atoms with Crippen LogP contribution in [-0.4, -0.2) is 70.8 Å².